The Morgan fingerprint density at radius 1 is 0.493 bits per heavy atom. The van der Waals surface area contributed by atoms with Crippen LogP contribution in [-0.2, 0) is 24.0 Å². The summed E-state index contributed by atoms with van der Waals surface area (Å²) in [4.78, 5) is 98.4. The van der Waals surface area contributed by atoms with Gasteiger partial charge in [-0.25, -0.2) is 32.9 Å². The molecule has 33 nitrogen and oxygen atoms in total. The third-order valence-electron chi connectivity index (χ3n) is 25.0. The quantitative estimate of drug-likeness (QED) is 0.0139. The van der Waals surface area contributed by atoms with Gasteiger partial charge >= 0.3 is 65.2 Å². The average molecular weight is 1970 g/mol. The van der Waals surface area contributed by atoms with Gasteiger partial charge in [0, 0.05) is 153 Å². The first-order valence-corrected chi connectivity index (χ1v) is 44.5. The number of nitrogens with one attached hydrogen (secondary N) is 3. The number of allylic oxidation sites excluding steroid dienone is 1. The minimum absolute atomic E-state index is 0. The zero-order valence-corrected chi connectivity index (χ0v) is 84.7. The maximum atomic E-state index is 16.8. The number of halogens is 7. The molecule has 6 atom stereocenters. The zero-order valence-electron chi connectivity index (χ0n) is 78.6. The van der Waals surface area contributed by atoms with Crippen LogP contribution < -0.4 is 111 Å². The van der Waals surface area contributed by atoms with Gasteiger partial charge in [0.05, 0.1) is 47.8 Å². The fourth-order valence-corrected chi connectivity index (χ4v) is 18.4. The number of aromatic amines is 3. The van der Waals surface area contributed by atoms with Crippen molar-refractivity contribution in [1.82, 2.24) is 85.0 Å². The molecule has 0 saturated carbocycles. The van der Waals surface area contributed by atoms with E-state index < -0.39 is 28.3 Å². The molecule has 6 fully saturated rings. The van der Waals surface area contributed by atoms with Crippen LogP contribution in [0.3, 0.4) is 0 Å². The van der Waals surface area contributed by atoms with Crippen molar-refractivity contribution in [3.8, 4) is 33.4 Å². The number of aromatic nitrogens is 12. The normalized spacial score (nSPS) is 18.4. The Labute approximate surface area is 856 Å². The largest absolute Gasteiger partial charge is 1.00 e. The molecule has 6 aliphatic heterocycles. The number of anilines is 9. The molecule has 136 heavy (non-hydrogen) atoms. The number of rotatable bonds is 15. The van der Waals surface area contributed by atoms with Gasteiger partial charge < -0.3 is 87.4 Å². The molecule has 12 aromatic rings. The number of ether oxygens (including phenoxy) is 1. The van der Waals surface area contributed by atoms with Crippen molar-refractivity contribution in [3.63, 3.8) is 0 Å². The summed E-state index contributed by atoms with van der Waals surface area (Å²) >= 11 is 25.3. The molecule has 0 aliphatic carbocycles. The third-order valence-corrected chi connectivity index (χ3v) is 26.1. The van der Waals surface area contributed by atoms with Crippen molar-refractivity contribution in [1.29, 1.82) is 0 Å². The number of fused-ring (bicyclic) bond motifs is 6. The first-order valence-electron chi connectivity index (χ1n) is 43.0. The minimum Gasteiger partial charge on any atom is -1.00 e. The molecule has 18 rings (SSSR count). The van der Waals surface area contributed by atoms with E-state index in [0.717, 1.165) is 69.6 Å². The van der Waals surface area contributed by atoms with Crippen LogP contribution >= 0.6 is 46.4 Å². The number of piperidine rings is 1. The monoisotopic (exact) mass is 1970 g/mol. The summed E-state index contributed by atoms with van der Waals surface area (Å²) in [5, 5.41) is 33.2. The number of likely N-dealkylation sites (N-methyl/N-ethyl adjacent to an activating group) is 3. The maximum absolute atomic E-state index is 16.8. The molecule has 0 radical (unpaired) electrons. The molecule has 6 saturated heterocycles. The van der Waals surface area contributed by atoms with Gasteiger partial charge in [0.15, 0.2) is 34.9 Å². The number of piperazine rings is 2. The Morgan fingerprint density at radius 3 is 1.10 bits per heavy atom. The minimum atomic E-state index is -0.603. The Kier molecular flexibility index (Phi) is 36.6. The maximum Gasteiger partial charge on any atom is 1.00 e. The van der Waals surface area contributed by atoms with Crippen molar-refractivity contribution >= 4 is 188 Å². The van der Waals surface area contributed by atoms with Crippen LogP contribution in [0.2, 0.25) is 15.1 Å². The molecule has 720 valence electrons. The molecule has 6 aliphatic rings. The van der Waals surface area contributed by atoms with Crippen molar-refractivity contribution in [2.45, 2.75) is 151 Å². The van der Waals surface area contributed by atoms with Crippen molar-refractivity contribution in [2.24, 2.45) is 5.92 Å². The molecule has 2 amide bonds. The Hall–Kier alpha value is -9.90. The molecule has 6 aromatic heterocycles. The van der Waals surface area contributed by atoms with Crippen LogP contribution in [0.4, 0.5) is 70.7 Å². The van der Waals surface area contributed by atoms with Gasteiger partial charge in [0.1, 0.15) is 39.6 Å². The average Bonchev–Trinajstić information content (AvgIpc) is 1.43. The molecule has 0 unspecified atom stereocenters. The number of hydrogen-bond donors (Lipinski definition) is 6. The van der Waals surface area contributed by atoms with Gasteiger partial charge in [-0.3, -0.25) is 29.7 Å². The molecular weight excluding hydrogens is 1850 g/mol. The standard InChI is InChI=1S/C31H39ClFN9O2.C29H33ClFN9O.C27H32ClFN8.C3H3ClO.CH2O3.3CH4.2Na.H/c1-16-13-42(30(43)44-31(3,4)5)17(2)12-41(16)28-20-11-21(32)23(19-9-8-10-22-24(19)27(34)38-37-22)25(33)26(20)35-29(36-28)40-14-18(15-40)39(6)7;1-6-22(41)39-11-16(3)40(12-15(39)2)28-19-10-20(30)23(18-8-7-9-21-24(18)27(32)36-35-21)25(31)26(19)33-29(34-28)38-13-17(14-38)37(4)5;1-14-8-9-15(2)37(11-14)26-18-10-19(28)21(17-6-5-7-20-22(17)25(30)34-33-20)23(29)24(18)31-27(32-26)36-12-16(13-36)35(3)4;1-2-3(4)5;2-1-4-3;;;;;;/h8-11,16-18H,12-15H2,1-7H3,(H3,34,37,38);6-10,15-17H,1,11-14H2,2-5H3,(H3,32,35,36);5-7,10,14-16H,8-9,11-13H2,1-4H3,(H3,30,33,34);2H,1H2;1,3H;3*1H4;;;/q;;;;;;;;2*+1;-1/p-1/t16-,17+;15-,16+;14-,15-;;;;;;;;/m010......../s1. The van der Waals surface area contributed by atoms with E-state index in [1.807, 2.05) is 113 Å². The molecular formula is C94H121Cl4F3N26Na2O7. The van der Waals surface area contributed by atoms with Crippen LogP contribution in [0.25, 0.3) is 98.8 Å². The number of benzene rings is 6. The van der Waals surface area contributed by atoms with Gasteiger partial charge in [-0.15, -0.1) is 0 Å². The summed E-state index contributed by atoms with van der Waals surface area (Å²) in [5.41, 5.74) is 23.0. The Morgan fingerprint density at radius 2 is 0.801 bits per heavy atom. The van der Waals surface area contributed by atoms with Crippen LogP contribution in [0.15, 0.2) is 98.1 Å². The van der Waals surface area contributed by atoms with Crippen molar-refractivity contribution in [3.05, 3.63) is 131 Å². The van der Waals surface area contributed by atoms with E-state index >= 15 is 13.2 Å². The number of H-pyrrole nitrogens is 3. The van der Waals surface area contributed by atoms with Crippen LogP contribution in [0, 0.1) is 23.4 Å². The predicted molar refractivity (Wildman–Crippen MR) is 533 cm³/mol. The molecule has 0 spiro atoms. The second-order valence-electron chi connectivity index (χ2n) is 35.9. The Bertz CT molecular complexity index is 6380. The van der Waals surface area contributed by atoms with E-state index in [-0.39, 0.29) is 186 Å². The third kappa shape index (κ3) is 22.3. The van der Waals surface area contributed by atoms with E-state index in [9.17, 15) is 14.4 Å². The van der Waals surface area contributed by atoms with E-state index in [0.29, 0.717) is 151 Å². The first kappa shape index (κ1) is 110. The van der Waals surface area contributed by atoms with Gasteiger partial charge in [-0.05, 0) is 193 Å². The topological polar surface area (TPSA) is 387 Å². The van der Waals surface area contributed by atoms with Crippen molar-refractivity contribution in [2.75, 3.05) is 161 Å². The van der Waals surface area contributed by atoms with Gasteiger partial charge in [-0.1, -0.05) is 114 Å². The number of amides is 2. The summed E-state index contributed by atoms with van der Waals surface area (Å²) in [5.74, 6) is 3.06. The molecule has 6 aromatic carbocycles. The van der Waals surface area contributed by atoms with Crippen LogP contribution in [0.5, 0.6) is 0 Å². The summed E-state index contributed by atoms with van der Waals surface area (Å²) in [6.45, 7) is 31.9. The van der Waals surface area contributed by atoms with Crippen molar-refractivity contribution < 1.29 is 108 Å². The summed E-state index contributed by atoms with van der Waals surface area (Å²) in [6.07, 6.45) is 4.25. The van der Waals surface area contributed by atoms with Crippen LogP contribution in [0.1, 0.15) is 98.9 Å². The smallest absolute Gasteiger partial charge is 1.00 e. The van der Waals surface area contributed by atoms with Gasteiger partial charge in [0.2, 0.25) is 29.0 Å². The Balaban J connectivity index is 0.000000237. The number of carbonyl (C=O) groups excluding carboxylic acids is 4. The fourth-order valence-electron chi connectivity index (χ4n) is 17.5. The van der Waals surface area contributed by atoms with E-state index in [1.165, 1.54) is 12.5 Å². The fraction of sp³-hybridized carbons (Fsp3) is 0.436. The number of nitrogens with two attached hydrogens (primary N) is 3. The molecule has 0 bridgehead atoms. The number of nitrogen functional groups attached to an aromatic ring is 3. The zero-order chi connectivity index (χ0) is 94.5. The SMILES string of the molecule is C.C.C.C=CC(=O)Cl.C=CC(=O)N1C[C@H](C)N(c2nc(N3CC(N(C)C)C3)nc3c(F)c(-c4cccc5[nH]nc(N)c45)c(Cl)cc23)C[C@H]1C.C[C@@H]1CN(c2nc(N3CC(N(C)C)C3)nc3c(F)c(-c4cccc5[nH]nc(N)c45)c(Cl)cc23)[C@@H](C)CN1C(=O)OC(C)(C)C.C[C@H]1CC[C@H](C)N(c2nc(N3CC(N(C)C)C3)nc3c(F)c(-c4cccc5[nH]nc(N)c45)c(Cl)cc23)C1.O=CO[O-].[H-].[Na+].[Na+]. The van der Waals surface area contributed by atoms with E-state index in [2.05, 4.69) is 121 Å². The molecule has 42 heteroatoms. The summed E-state index contributed by atoms with van der Waals surface area (Å²) < 4.78 is 55.8. The number of nitrogens with zero attached hydrogens (tertiary/aromatic N) is 20. The number of hydrogen-bond acceptors (Lipinski definition) is 28. The van der Waals surface area contributed by atoms with E-state index in [1.54, 1.807) is 46.2 Å². The second-order valence-corrected chi connectivity index (χ2v) is 37.5. The molecule has 9 N–H and O–H groups in total. The summed E-state index contributed by atoms with van der Waals surface area (Å²) in [6, 6.07) is 22.5. The van der Waals surface area contributed by atoms with Gasteiger partial charge in [-0.2, -0.15) is 30.2 Å². The summed E-state index contributed by atoms with van der Waals surface area (Å²) in [7, 11) is 12.3. The van der Waals surface area contributed by atoms with E-state index in [4.69, 9.17) is 108 Å². The second kappa shape index (κ2) is 45.4. The molecule has 12 heterocycles. The van der Waals surface area contributed by atoms with Crippen LogP contribution in [-0.4, -0.2) is 277 Å². The van der Waals surface area contributed by atoms with Gasteiger partial charge in [0.25, 0.3) is 6.47 Å². The first-order chi connectivity index (χ1) is 62.2. The predicted octanol–water partition coefficient (Wildman–Crippen LogP) is 9.37. The number of carbonyl (C=O) groups is 4.